The van der Waals surface area contributed by atoms with Crippen molar-refractivity contribution in [3.05, 3.63) is 255 Å². The first kappa shape index (κ1) is 42.7. The molecule has 0 saturated heterocycles. The third kappa shape index (κ3) is 7.40. The molecule has 0 aliphatic heterocycles. The van der Waals surface area contributed by atoms with Crippen LogP contribution in [0.2, 0.25) is 0 Å². The Bertz CT molecular complexity index is 4320. The Hall–Kier alpha value is -10.2. The average molecular weight is 951 g/mol. The second kappa shape index (κ2) is 17.9. The van der Waals surface area contributed by atoms with Crippen LogP contribution in [0.3, 0.4) is 0 Å². The fraction of sp³-hybridized carbons (Fsp3) is 0. The van der Waals surface area contributed by atoms with Crippen molar-refractivity contribution in [1.29, 1.82) is 0 Å². The number of fused-ring (bicyclic) bond motifs is 5. The molecule has 0 radical (unpaired) electrons. The van der Waals surface area contributed by atoms with E-state index >= 15 is 0 Å². The van der Waals surface area contributed by atoms with E-state index in [-0.39, 0.29) is 0 Å². The molecule has 0 N–H and O–H groups in total. The molecule has 3 aromatic heterocycles. The van der Waals surface area contributed by atoms with E-state index in [0.29, 0.717) is 23.6 Å². The lowest BCUT2D eigenvalue weighted by molar-refractivity contribution is 0.584. The van der Waals surface area contributed by atoms with Gasteiger partial charge in [-0.2, -0.15) is 0 Å². The van der Waals surface area contributed by atoms with Gasteiger partial charge in [0.1, 0.15) is 0 Å². The molecule has 0 fully saturated rings. The fourth-order valence-electron chi connectivity index (χ4n) is 10.6. The summed E-state index contributed by atoms with van der Waals surface area (Å²) in [6, 6.07) is 88.9. The van der Waals surface area contributed by atoms with Crippen molar-refractivity contribution in [2.75, 3.05) is 4.90 Å². The number of benzene rings is 11. The van der Waals surface area contributed by atoms with Crippen molar-refractivity contribution in [1.82, 2.24) is 25.0 Å². The Labute approximate surface area is 425 Å². The SMILES string of the molecule is c1ccc(-c2nnc(-c3cccc(-c4c5ccccc5c(-c5cccc(-c6nnc(-c7ccccc7)o6)c5)c5cc(N(c6ccccc6)c6ccc(-n7c8ccccc8c8ccccc87)cc6)ccc45)c3)o2)cc1. The number of rotatable bonds is 10. The maximum atomic E-state index is 6.35. The predicted octanol–water partition coefficient (Wildman–Crippen LogP) is 17.3. The summed E-state index contributed by atoms with van der Waals surface area (Å²) < 4.78 is 15.0. The first-order valence-electron chi connectivity index (χ1n) is 24.6. The summed E-state index contributed by atoms with van der Waals surface area (Å²) in [7, 11) is 0. The first-order valence-corrected chi connectivity index (χ1v) is 24.6. The summed E-state index contributed by atoms with van der Waals surface area (Å²) >= 11 is 0. The molecular weight excluding hydrogens is 909 g/mol. The average Bonchev–Trinajstić information content (AvgIpc) is 4.26. The second-order valence-electron chi connectivity index (χ2n) is 18.3. The third-order valence-electron chi connectivity index (χ3n) is 13.9. The Balaban J connectivity index is 0.964. The van der Waals surface area contributed by atoms with Gasteiger partial charge in [0.15, 0.2) is 0 Å². The molecule has 0 aliphatic carbocycles. The molecule has 14 rings (SSSR count). The van der Waals surface area contributed by atoms with Gasteiger partial charge >= 0.3 is 0 Å². The maximum Gasteiger partial charge on any atom is 0.248 e. The van der Waals surface area contributed by atoms with Crippen molar-refractivity contribution >= 4 is 60.4 Å². The number of hydrogen-bond acceptors (Lipinski definition) is 7. The van der Waals surface area contributed by atoms with Crippen molar-refractivity contribution in [3.8, 4) is 73.8 Å². The zero-order valence-electron chi connectivity index (χ0n) is 39.7. The van der Waals surface area contributed by atoms with E-state index in [1.54, 1.807) is 0 Å². The molecule has 0 atom stereocenters. The van der Waals surface area contributed by atoms with Gasteiger partial charge in [0.25, 0.3) is 0 Å². The highest BCUT2D eigenvalue weighted by atomic mass is 16.4. The molecule has 3 heterocycles. The quantitative estimate of drug-likeness (QED) is 0.126. The molecule has 8 nitrogen and oxygen atoms in total. The van der Waals surface area contributed by atoms with Crippen molar-refractivity contribution < 1.29 is 8.83 Å². The Morgan fingerprint density at radius 1 is 0.270 bits per heavy atom. The Kier molecular flexibility index (Phi) is 10.3. The van der Waals surface area contributed by atoms with Crippen LogP contribution in [-0.2, 0) is 0 Å². The minimum absolute atomic E-state index is 0.449. The Morgan fingerprint density at radius 3 is 1.18 bits per heavy atom. The van der Waals surface area contributed by atoms with Gasteiger partial charge in [-0.1, -0.05) is 146 Å². The van der Waals surface area contributed by atoms with Crippen LogP contribution in [0.4, 0.5) is 17.1 Å². The minimum Gasteiger partial charge on any atom is -0.416 e. The molecule has 0 amide bonds. The summed E-state index contributed by atoms with van der Waals surface area (Å²) in [5.41, 5.74) is 14.1. The van der Waals surface area contributed by atoms with E-state index in [1.807, 2.05) is 72.8 Å². The zero-order chi connectivity index (χ0) is 49.0. The van der Waals surface area contributed by atoms with Crippen molar-refractivity contribution in [2.45, 2.75) is 0 Å². The first-order chi connectivity index (χ1) is 36.7. The summed E-state index contributed by atoms with van der Waals surface area (Å²) in [6.07, 6.45) is 0. The third-order valence-corrected chi connectivity index (χ3v) is 13.9. The van der Waals surface area contributed by atoms with Crippen LogP contribution < -0.4 is 4.90 Å². The van der Waals surface area contributed by atoms with Gasteiger partial charge in [-0.25, -0.2) is 0 Å². The number of para-hydroxylation sites is 3. The molecule has 0 aliphatic rings. The molecule has 14 aromatic rings. The monoisotopic (exact) mass is 950 g/mol. The highest BCUT2D eigenvalue weighted by Gasteiger charge is 2.23. The summed E-state index contributed by atoms with van der Waals surface area (Å²) in [4.78, 5) is 2.34. The number of aromatic nitrogens is 5. The van der Waals surface area contributed by atoms with Crippen LogP contribution in [0.5, 0.6) is 0 Å². The van der Waals surface area contributed by atoms with Crippen LogP contribution in [0.15, 0.2) is 264 Å². The van der Waals surface area contributed by atoms with E-state index in [9.17, 15) is 0 Å². The second-order valence-corrected chi connectivity index (χ2v) is 18.3. The normalized spacial score (nSPS) is 11.5. The molecule has 74 heavy (non-hydrogen) atoms. The molecule has 348 valence electrons. The van der Waals surface area contributed by atoms with Gasteiger partial charge < -0.3 is 18.3 Å². The van der Waals surface area contributed by atoms with Gasteiger partial charge in [-0.05, 0) is 153 Å². The number of hydrogen-bond donors (Lipinski definition) is 0. The molecule has 0 saturated carbocycles. The Morgan fingerprint density at radius 2 is 0.649 bits per heavy atom. The molecule has 11 aromatic carbocycles. The largest absolute Gasteiger partial charge is 0.416 e. The van der Waals surface area contributed by atoms with E-state index < -0.39 is 0 Å². The van der Waals surface area contributed by atoms with Crippen molar-refractivity contribution in [3.63, 3.8) is 0 Å². The standard InChI is InChI=1S/C66H42N6O2/c1-4-18-43(19-5-1)63-67-69-65(73-63)47-24-16-22-45(40-47)61-55-30-10-11-31-56(55)62(46-23-17-25-48(41-46)66-70-68-64(74-66)44-20-6-2-7-21-44)58-42-52(38-39-57(58)61)71(49-26-8-3-9-27-49)50-34-36-51(37-35-50)72-59-32-14-12-28-53(59)54-29-13-15-33-60(54)72/h1-42H. The zero-order valence-corrected chi connectivity index (χ0v) is 39.7. The summed E-state index contributed by atoms with van der Waals surface area (Å²) in [5.74, 6) is 1.85. The lowest BCUT2D eigenvalue weighted by Gasteiger charge is -2.27. The van der Waals surface area contributed by atoms with E-state index in [1.165, 1.54) is 21.8 Å². The topological polar surface area (TPSA) is 86.0 Å². The molecule has 0 unspecified atom stereocenters. The lowest BCUT2D eigenvalue weighted by Crippen LogP contribution is -2.10. The molecule has 8 heteroatoms. The van der Waals surface area contributed by atoms with Crippen LogP contribution >= 0.6 is 0 Å². The predicted molar refractivity (Wildman–Crippen MR) is 299 cm³/mol. The van der Waals surface area contributed by atoms with Crippen LogP contribution in [0.1, 0.15) is 0 Å². The van der Waals surface area contributed by atoms with Gasteiger partial charge in [0.2, 0.25) is 23.6 Å². The highest BCUT2D eigenvalue weighted by Crippen LogP contribution is 2.47. The molecular formula is C66H42N6O2. The van der Waals surface area contributed by atoms with Crippen LogP contribution in [-0.4, -0.2) is 25.0 Å². The smallest absolute Gasteiger partial charge is 0.248 e. The fourth-order valence-corrected chi connectivity index (χ4v) is 10.6. The lowest BCUT2D eigenvalue weighted by atomic mass is 9.85. The van der Waals surface area contributed by atoms with Gasteiger partial charge in [-0.15, -0.1) is 20.4 Å². The van der Waals surface area contributed by atoms with Crippen LogP contribution in [0.25, 0.3) is 117 Å². The maximum absolute atomic E-state index is 6.35. The van der Waals surface area contributed by atoms with Gasteiger partial charge in [-0.3, -0.25) is 0 Å². The van der Waals surface area contributed by atoms with E-state index in [4.69, 9.17) is 8.83 Å². The van der Waals surface area contributed by atoms with Gasteiger partial charge in [0.05, 0.1) is 11.0 Å². The molecule has 0 spiro atoms. The number of anilines is 3. The van der Waals surface area contributed by atoms with Gasteiger partial charge in [0, 0.05) is 55.8 Å². The molecule has 0 bridgehead atoms. The van der Waals surface area contributed by atoms with Crippen LogP contribution in [0, 0.1) is 0 Å². The van der Waals surface area contributed by atoms with E-state index in [0.717, 1.165) is 88.8 Å². The summed E-state index contributed by atoms with van der Waals surface area (Å²) in [6.45, 7) is 0. The minimum atomic E-state index is 0.449. The van der Waals surface area contributed by atoms with Crippen molar-refractivity contribution in [2.24, 2.45) is 0 Å². The van der Waals surface area contributed by atoms with E-state index in [2.05, 4.69) is 212 Å². The summed E-state index contributed by atoms with van der Waals surface area (Å²) in [5, 5.41) is 24.8. The number of nitrogens with zero attached hydrogens (tertiary/aromatic N) is 6. The highest BCUT2D eigenvalue weighted by molar-refractivity contribution is 6.22.